The third kappa shape index (κ3) is 2.05. The van der Waals surface area contributed by atoms with E-state index in [9.17, 15) is 0 Å². The second kappa shape index (κ2) is 3.50. The van der Waals surface area contributed by atoms with Crippen LogP contribution in [0.25, 0.3) is 4.85 Å². The SMILES string of the molecule is [2H]C1([2H])C([2H])([2H])C([2H])([2H])C([2H])(CC[N+]#[C-])C1([2H])[2H]. The van der Waals surface area contributed by atoms with Gasteiger partial charge in [0.05, 0.1) is 0 Å². The lowest BCUT2D eigenvalue weighted by Crippen LogP contribution is -1.93. The summed E-state index contributed by atoms with van der Waals surface area (Å²) in [5, 5.41) is 0. The minimum atomic E-state index is -3.15. The Labute approximate surface area is 69.5 Å². The molecule has 0 aliphatic heterocycles. The molecule has 0 unspecified atom stereocenters. The highest BCUT2D eigenvalue weighted by atomic mass is 14.6. The molecule has 1 fully saturated rings. The zero-order chi connectivity index (χ0) is 14.6. The zero-order valence-electron chi connectivity index (χ0n) is 13.9. The van der Waals surface area contributed by atoms with E-state index in [1.807, 2.05) is 0 Å². The van der Waals surface area contributed by atoms with Crippen LogP contribution >= 0.6 is 0 Å². The first-order valence-electron chi connectivity index (χ1n) is 7.14. The summed E-state index contributed by atoms with van der Waals surface area (Å²) in [5.41, 5.74) is 0. The Kier molecular flexibility index (Phi) is 0.606. The Morgan fingerprint density at radius 2 is 2.33 bits per heavy atom. The highest BCUT2D eigenvalue weighted by molar-refractivity contribution is 4.71. The van der Waals surface area contributed by atoms with Crippen LogP contribution in [-0.2, 0) is 0 Å². The van der Waals surface area contributed by atoms with Crippen molar-refractivity contribution in [1.29, 1.82) is 0 Å². The second-order valence-electron chi connectivity index (χ2n) is 1.61. The molecule has 50 valence electrons. The molecule has 1 saturated carbocycles. The van der Waals surface area contributed by atoms with Crippen LogP contribution in [0, 0.1) is 12.5 Å². The van der Waals surface area contributed by atoms with Gasteiger partial charge in [-0.15, -0.1) is 0 Å². The molecule has 1 aliphatic rings. The molecule has 1 heteroatoms. The summed E-state index contributed by atoms with van der Waals surface area (Å²) < 4.78 is 68.6. The molecule has 0 N–H and O–H groups in total. The van der Waals surface area contributed by atoms with Gasteiger partial charge in [0.15, 0.2) is 0 Å². The summed E-state index contributed by atoms with van der Waals surface area (Å²) in [6.45, 7) is 6.27. The Balaban J connectivity index is 3.48. The quantitative estimate of drug-likeness (QED) is 0.508. The molecule has 0 aromatic rings. The lowest BCUT2D eigenvalue weighted by molar-refractivity contribution is 0.524. The fraction of sp³-hybridized carbons (Fsp3) is 0.875. The van der Waals surface area contributed by atoms with Gasteiger partial charge in [-0.1, -0.05) is 25.5 Å². The van der Waals surface area contributed by atoms with Gasteiger partial charge in [-0.25, -0.2) is 6.57 Å². The smallest absolute Gasteiger partial charge is 0.214 e. The summed E-state index contributed by atoms with van der Waals surface area (Å²) in [6.07, 6.45) is -12.9. The Bertz CT molecular complexity index is 368. The number of hydrogen-bond acceptors (Lipinski definition) is 0. The van der Waals surface area contributed by atoms with Gasteiger partial charge >= 0.3 is 0 Å². The number of hydrogen-bond donors (Lipinski definition) is 0. The minimum Gasteiger partial charge on any atom is -0.317 e. The topological polar surface area (TPSA) is 4.36 Å². The molecule has 1 rings (SSSR count). The molecule has 0 aromatic heterocycles. The summed E-state index contributed by atoms with van der Waals surface area (Å²) >= 11 is 0. The molecule has 0 spiro atoms. The van der Waals surface area contributed by atoms with E-state index in [4.69, 9.17) is 18.9 Å². The monoisotopic (exact) mass is 132 g/mol. The average molecular weight is 132 g/mol. The van der Waals surface area contributed by atoms with Crippen LogP contribution in [0.2, 0.25) is 0 Å². The molecule has 1 aliphatic carbocycles. The summed E-state index contributed by atoms with van der Waals surface area (Å²) in [5.74, 6) is -2.64. The minimum absolute atomic E-state index is 0.353. The van der Waals surface area contributed by atoms with E-state index in [1.165, 1.54) is 0 Å². The largest absolute Gasteiger partial charge is 0.317 e. The predicted octanol–water partition coefficient (Wildman–Crippen LogP) is 2.49. The van der Waals surface area contributed by atoms with Crippen molar-refractivity contribution in [3.63, 3.8) is 0 Å². The van der Waals surface area contributed by atoms with Gasteiger partial charge in [-0.2, -0.15) is 0 Å². The Hall–Kier alpha value is -0.510. The van der Waals surface area contributed by atoms with Gasteiger partial charge in [-0.05, 0) is 5.89 Å². The van der Waals surface area contributed by atoms with Crippen molar-refractivity contribution >= 4 is 0 Å². The first kappa shape index (κ1) is 1.56. The molecule has 0 bridgehead atoms. The van der Waals surface area contributed by atoms with Crippen molar-refractivity contribution < 1.29 is 12.3 Å². The summed E-state index contributed by atoms with van der Waals surface area (Å²) in [6, 6.07) is 0. The van der Waals surface area contributed by atoms with Gasteiger partial charge in [0.2, 0.25) is 6.54 Å². The fourth-order valence-electron chi connectivity index (χ4n) is 0.537. The van der Waals surface area contributed by atoms with Gasteiger partial charge in [0, 0.05) is 18.8 Å². The lowest BCUT2D eigenvalue weighted by atomic mass is 10.1. The van der Waals surface area contributed by atoms with E-state index >= 15 is 0 Å². The van der Waals surface area contributed by atoms with Crippen molar-refractivity contribution in [2.45, 2.75) is 31.9 Å². The van der Waals surface area contributed by atoms with E-state index in [0.29, 0.717) is 0 Å². The lowest BCUT2D eigenvalue weighted by Gasteiger charge is -2.00. The second-order valence-corrected chi connectivity index (χ2v) is 1.61. The molecule has 0 atom stereocenters. The first-order valence-corrected chi connectivity index (χ1v) is 2.64. The van der Waals surface area contributed by atoms with Crippen LogP contribution in [-0.4, -0.2) is 6.54 Å². The van der Waals surface area contributed by atoms with E-state index in [-0.39, 0.29) is 6.54 Å². The summed E-state index contributed by atoms with van der Waals surface area (Å²) in [4.78, 5) is 2.92. The predicted molar refractivity (Wildman–Crippen MR) is 38.0 cm³/mol. The molecule has 0 heterocycles. The number of rotatable bonds is 2. The molecule has 0 saturated heterocycles. The van der Waals surface area contributed by atoms with Gasteiger partial charge in [0.25, 0.3) is 0 Å². The average Bonchev–Trinajstić information content (AvgIpc) is 2.27. The molecule has 0 amide bonds. The van der Waals surface area contributed by atoms with Gasteiger partial charge < -0.3 is 4.85 Å². The molecule has 1 nitrogen and oxygen atoms in total. The maximum atomic E-state index is 7.93. The van der Waals surface area contributed by atoms with Gasteiger partial charge in [-0.3, -0.25) is 0 Å². The standard InChI is InChI=1S/C8H13N/c1-9-7-6-8-4-2-3-5-8/h8H,2-7H2/i2D2,3D2,4D2,5D2,8D. The molecule has 0 aromatic carbocycles. The van der Waals surface area contributed by atoms with Crippen LogP contribution in [0.3, 0.4) is 0 Å². The third-order valence-corrected chi connectivity index (χ3v) is 0.963. The molecule has 9 heavy (non-hydrogen) atoms. The molecule has 0 radical (unpaired) electrons. The van der Waals surface area contributed by atoms with Crippen LogP contribution < -0.4 is 0 Å². The zero-order valence-corrected chi connectivity index (χ0v) is 4.86. The summed E-state index contributed by atoms with van der Waals surface area (Å²) in [7, 11) is 0. The van der Waals surface area contributed by atoms with E-state index in [0.717, 1.165) is 0 Å². The maximum Gasteiger partial charge on any atom is 0.214 e. The third-order valence-electron chi connectivity index (χ3n) is 0.963. The fourth-order valence-corrected chi connectivity index (χ4v) is 0.537. The highest BCUT2D eigenvalue weighted by Crippen LogP contribution is 2.27. The van der Waals surface area contributed by atoms with Crippen molar-refractivity contribution in [2.24, 2.45) is 5.89 Å². The van der Waals surface area contributed by atoms with Crippen molar-refractivity contribution in [2.75, 3.05) is 6.54 Å². The van der Waals surface area contributed by atoms with Crippen LogP contribution in [0.1, 0.15) is 44.2 Å². The molecular weight excluding hydrogens is 110 g/mol. The molecular formula is C8H13N. The van der Waals surface area contributed by atoms with E-state index in [2.05, 4.69) is 4.85 Å². The van der Waals surface area contributed by atoms with Crippen molar-refractivity contribution in [1.82, 2.24) is 0 Å². The maximum absolute atomic E-state index is 7.93. The normalized spacial score (nSPS) is 60.6. The van der Waals surface area contributed by atoms with Gasteiger partial charge in [0.1, 0.15) is 0 Å². The number of nitrogens with zero attached hydrogens (tertiary/aromatic N) is 1. The van der Waals surface area contributed by atoms with E-state index < -0.39 is 37.8 Å². The van der Waals surface area contributed by atoms with Crippen molar-refractivity contribution in [3.05, 3.63) is 11.4 Å². The van der Waals surface area contributed by atoms with Crippen molar-refractivity contribution in [3.8, 4) is 0 Å². The van der Waals surface area contributed by atoms with Crippen LogP contribution in [0.15, 0.2) is 0 Å². The first-order chi connectivity index (χ1) is 7.81. The Morgan fingerprint density at radius 1 is 1.67 bits per heavy atom. The van der Waals surface area contributed by atoms with Crippen LogP contribution in [0.4, 0.5) is 0 Å². The highest BCUT2D eigenvalue weighted by Gasteiger charge is 2.14. The van der Waals surface area contributed by atoms with Crippen LogP contribution in [0.5, 0.6) is 0 Å². The Morgan fingerprint density at radius 3 is 2.89 bits per heavy atom. The van der Waals surface area contributed by atoms with E-state index in [1.54, 1.807) is 0 Å².